The van der Waals surface area contributed by atoms with E-state index in [1.165, 1.54) is 0 Å². The molecule has 20 heavy (non-hydrogen) atoms. The van der Waals surface area contributed by atoms with Crippen LogP contribution < -0.4 is 11.1 Å². The third-order valence-electron chi connectivity index (χ3n) is 3.51. The number of nitrogen functional groups attached to an aromatic ring is 1. The molecular weight excluding hydrogens is 254 g/mol. The van der Waals surface area contributed by atoms with Crippen molar-refractivity contribution in [2.24, 2.45) is 0 Å². The number of aromatic amines is 1. The molecule has 2 aromatic rings. The maximum atomic E-state index is 12.2. The Kier molecular flexibility index (Phi) is 2.93. The molecule has 1 fully saturated rings. The zero-order valence-electron chi connectivity index (χ0n) is 11.5. The van der Waals surface area contributed by atoms with Gasteiger partial charge in [-0.2, -0.15) is 5.10 Å². The Bertz CT molecular complexity index is 672. The lowest BCUT2D eigenvalue weighted by atomic mass is 10.2. The van der Waals surface area contributed by atoms with Crippen LogP contribution in [0.4, 0.5) is 11.4 Å². The van der Waals surface area contributed by atoms with E-state index in [-0.39, 0.29) is 11.6 Å². The van der Waals surface area contributed by atoms with Gasteiger partial charge in [0.1, 0.15) is 0 Å². The van der Waals surface area contributed by atoms with Gasteiger partial charge in [-0.3, -0.25) is 14.9 Å². The van der Waals surface area contributed by atoms with Crippen LogP contribution >= 0.6 is 0 Å². The van der Waals surface area contributed by atoms with Gasteiger partial charge in [-0.25, -0.2) is 0 Å². The minimum atomic E-state index is -0.306. The van der Waals surface area contributed by atoms with Crippen LogP contribution in [0.2, 0.25) is 0 Å². The molecule has 1 aliphatic rings. The van der Waals surface area contributed by atoms with Crippen LogP contribution in [0.25, 0.3) is 0 Å². The third kappa shape index (κ3) is 2.24. The Morgan fingerprint density at radius 1 is 1.40 bits per heavy atom. The summed E-state index contributed by atoms with van der Waals surface area (Å²) in [6, 6.07) is 3.69. The van der Waals surface area contributed by atoms with Crippen molar-refractivity contribution in [2.45, 2.75) is 32.6 Å². The second-order valence-electron chi connectivity index (χ2n) is 5.21. The first-order chi connectivity index (χ1) is 9.56. The smallest absolute Gasteiger partial charge is 0.278 e. The van der Waals surface area contributed by atoms with E-state index in [9.17, 15) is 4.79 Å². The van der Waals surface area contributed by atoms with Crippen LogP contribution in [0.3, 0.4) is 0 Å². The Labute approximate surface area is 116 Å². The summed E-state index contributed by atoms with van der Waals surface area (Å²) in [7, 11) is 0. The largest absolute Gasteiger partial charge is 0.395 e. The van der Waals surface area contributed by atoms with Crippen molar-refractivity contribution in [3.8, 4) is 0 Å². The number of anilines is 2. The number of aromatic nitrogens is 3. The molecule has 0 unspecified atom stereocenters. The van der Waals surface area contributed by atoms with Crippen LogP contribution in [0, 0.1) is 13.8 Å². The summed E-state index contributed by atoms with van der Waals surface area (Å²) in [4.78, 5) is 16.5. The van der Waals surface area contributed by atoms with Gasteiger partial charge in [0.05, 0.1) is 22.8 Å². The van der Waals surface area contributed by atoms with Crippen molar-refractivity contribution in [1.82, 2.24) is 15.2 Å². The Balaban J connectivity index is 1.82. The molecule has 104 valence electrons. The van der Waals surface area contributed by atoms with Gasteiger partial charge < -0.3 is 11.1 Å². The summed E-state index contributed by atoms with van der Waals surface area (Å²) in [6.07, 6.45) is 2.21. The highest BCUT2D eigenvalue weighted by atomic mass is 16.2. The minimum absolute atomic E-state index is 0.256. The quantitative estimate of drug-likeness (QED) is 0.796. The van der Waals surface area contributed by atoms with E-state index in [2.05, 4.69) is 20.5 Å². The molecule has 2 heterocycles. The fourth-order valence-electron chi connectivity index (χ4n) is 2.22. The average molecular weight is 271 g/mol. The second kappa shape index (κ2) is 4.63. The molecule has 0 saturated heterocycles. The summed E-state index contributed by atoms with van der Waals surface area (Å²) in [5, 5.41) is 9.72. The molecule has 3 rings (SSSR count). The fraction of sp³-hybridized carbons (Fsp3) is 0.357. The number of H-pyrrole nitrogens is 1. The van der Waals surface area contributed by atoms with Crippen molar-refractivity contribution >= 4 is 17.3 Å². The molecule has 0 aliphatic heterocycles. The van der Waals surface area contributed by atoms with Gasteiger partial charge in [0.25, 0.3) is 5.91 Å². The molecule has 0 bridgehead atoms. The Morgan fingerprint density at radius 2 is 2.15 bits per heavy atom. The number of carbonyl (C=O) groups is 1. The number of hydrogen-bond donors (Lipinski definition) is 3. The molecule has 0 atom stereocenters. The normalized spacial score (nSPS) is 14.3. The van der Waals surface area contributed by atoms with E-state index >= 15 is 0 Å². The molecule has 6 heteroatoms. The minimum Gasteiger partial charge on any atom is -0.395 e. The summed E-state index contributed by atoms with van der Waals surface area (Å²) >= 11 is 0. The van der Waals surface area contributed by atoms with Gasteiger partial charge in [-0.05, 0) is 38.8 Å². The second-order valence-corrected chi connectivity index (χ2v) is 5.21. The first-order valence-corrected chi connectivity index (χ1v) is 6.65. The van der Waals surface area contributed by atoms with E-state index in [1.807, 2.05) is 26.0 Å². The summed E-state index contributed by atoms with van der Waals surface area (Å²) in [6.45, 7) is 3.76. The first-order valence-electron chi connectivity index (χ1n) is 6.65. The van der Waals surface area contributed by atoms with Gasteiger partial charge in [0, 0.05) is 11.6 Å². The molecule has 2 aromatic heterocycles. The molecule has 6 nitrogen and oxygen atoms in total. The monoisotopic (exact) mass is 271 g/mol. The van der Waals surface area contributed by atoms with E-state index in [0.29, 0.717) is 17.3 Å². The number of pyridine rings is 1. The van der Waals surface area contributed by atoms with E-state index < -0.39 is 0 Å². The van der Waals surface area contributed by atoms with E-state index in [0.717, 1.165) is 29.9 Å². The zero-order valence-corrected chi connectivity index (χ0v) is 11.5. The van der Waals surface area contributed by atoms with Crippen LogP contribution in [-0.4, -0.2) is 21.1 Å². The predicted octanol–water partition coefficient (Wildman–Crippen LogP) is 2.13. The summed E-state index contributed by atoms with van der Waals surface area (Å²) < 4.78 is 0. The number of aryl methyl sites for hydroxylation is 2. The molecule has 0 spiro atoms. The maximum absolute atomic E-state index is 12.2. The van der Waals surface area contributed by atoms with Gasteiger partial charge in [0.2, 0.25) is 0 Å². The van der Waals surface area contributed by atoms with Crippen LogP contribution in [-0.2, 0) is 0 Å². The van der Waals surface area contributed by atoms with Crippen molar-refractivity contribution in [3.05, 3.63) is 34.9 Å². The molecule has 1 aliphatic carbocycles. The highest BCUT2D eigenvalue weighted by molar-refractivity contribution is 6.06. The van der Waals surface area contributed by atoms with E-state index in [1.54, 1.807) is 0 Å². The SMILES string of the molecule is Cc1ccc(NC(=O)c2n[nH]c(C3CC3)c2N)c(C)n1. The molecule has 1 amide bonds. The Morgan fingerprint density at radius 3 is 2.80 bits per heavy atom. The van der Waals surface area contributed by atoms with Gasteiger partial charge in [-0.1, -0.05) is 0 Å². The molecule has 0 aromatic carbocycles. The van der Waals surface area contributed by atoms with E-state index in [4.69, 9.17) is 5.73 Å². The van der Waals surface area contributed by atoms with Crippen LogP contribution in [0.1, 0.15) is 46.3 Å². The first kappa shape index (κ1) is 12.7. The third-order valence-corrected chi connectivity index (χ3v) is 3.51. The summed E-state index contributed by atoms with van der Waals surface area (Å²) in [5.74, 6) is 0.131. The highest BCUT2D eigenvalue weighted by Crippen LogP contribution is 2.42. The van der Waals surface area contributed by atoms with Gasteiger partial charge >= 0.3 is 0 Å². The number of carbonyl (C=O) groups excluding carboxylic acids is 1. The van der Waals surface area contributed by atoms with Crippen LogP contribution in [0.5, 0.6) is 0 Å². The fourth-order valence-corrected chi connectivity index (χ4v) is 2.22. The molecule has 1 saturated carbocycles. The number of rotatable bonds is 3. The molecule has 0 radical (unpaired) electrons. The summed E-state index contributed by atoms with van der Waals surface area (Å²) in [5.41, 5.74) is 9.95. The Hall–Kier alpha value is -2.37. The molecular formula is C14H17N5O. The zero-order chi connectivity index (χ0) is 14.3. The average Bonchev–Trinajstić information content (AvgIpc) is 3.16. The van der Waals surface area contributed by atoms with Crippen molar-refractivity contribution in [3.63, 3.8) is 0 Å². The maximum Gasteiger partial charge on any atom is 0.278 e. The number of nitrogens with one attached hydrogen (secondary N) is 2. The van der Waals surface area contributed by atoms with Crippen LogP contribution in [0.15, 0.2) is 12.1 Å². The number of hydrogen-bond acceptors (Lipinski definition) is 4. The van der Waals surface area contributed by atoms with Gasteiger partial charge in [0.15, 0.2) is 5.69 Å². The molecule has 4 N–H and O–H groups in total. The lowest BCUT2D eigenvalue weighted by molar-refractivity contribution is 0.102. The van der Waals surface area contributed by atoms with Crippen molar-refractivity contribution < 1.29 is 4.79 Å². The number of nitrogens with zero attached hydrogens (tertiary/aromatic N) is 2. The number of amides is 1. The topological polar surface area (TPSA) is 96.7 Å². The van der Waals surface area contributed by atoms with Gasteiger partial charge in [-0.15, -0.1) is 0 Å². The van der Waals surface area contributed by atoms with Crippen molar-refractivity contribution in [2.75, 3.05) is 11.1 Å². The standard InChI is InChI=1S/C14H17N5O/c1-7-3-6-10(8(2)16-7)17-14(20)13-11(15)12(18-19-13)9-4-5-9/h3,6,9H,4-5,15H2,1-2H3,(H,17,20)(H,18,19). The highest BCUT2D eigenvalue weighted by Gasteiger charge is 2.30. The van der Waals surface area contributed by atoms with Crippen molar-refractivity contribution in [1.29, 1.82) is 0 Å². The predicted molar refractivity (Wildman–Crippen MR) is 76.6 cm³/mol. The lowest BCUT2D eigenvalue weighted by Crippen LogP contribution is -2.15. The lowest BCUT2D eigenvalue weighted by Gasteiger charge is -2.07. The number of nitrogens with two attached hydrogens (primary N) is 1.